The van der Waals surface area contributed by atoms with Crippen molar-refractivity contribution in [3.63, 3.8) is 0 Å². The van der Waals surface area contributed by atoms with Crippen LogP contribution in [-0.2, 0) is 6.54 Å². The molecule has 0 fully saturated rings. The molecule has 0 radical (unpaired) electrons. The Kier molecular flexibility index (Phi) is 6.77. The summed E-state index contributed by atoms with van der Waals surface area (Å²) in [7, 11) is 1.50. The van der Waals surface area contributed by atoms with Crippen LogP contribution in [0, 0.1) is 0 Å². The van der Waals surface area contributed by atoms with Crippen LogP contribution in [0.3, 0.4) is 0 Å². The number of aromatic nitrogens is 1. The van der Waals surface area contributed by atoms with Crippen molar-refractivity contribution in [2.24, 2.45) is 4.99 Å². The quantitative estimate of drug-likeness (QED) is 0.624. The van der Waals surface area contributed by atoms with Gasteiger partial charge in [0.2, 0.25) is 5.88 Å². The second kappa shape index (κ2) is 8.33. The highest BCUT2D eigenvalue weighted by Crippen LogP contribution is 2.18. The van der Waals surface area contributed by atoms with Crippen LogP contribution < -0.4 is 15.4 Å². The Bertz CT molecular complexity index is 463. The molecule has 1 aromatic rings. The monoisotopic (exact) mass is 304 g/mol. The number of guanidine groups is 1. The Morgan fingerprint density at radius 3 is 2.76 bits per heavy atom. The van der Waals surface area contributed by atoms with Crippen molar-refractivity contribution in [3.8, 4) is 5.88 Å². The first-order valence-corrected chi connectivity index (χ1v) is 6.54. The first-order chi connectivity index (χ1) is 9.96. The van der Waals surface area contributed by atoms with E-state index >= 15 is 0 Å². The molecule has 0 bridgehead atoms. The molecular formula is C13H19F3N4O. The molecular weight excluding hydrogens is 285 g/mol. The van der Waals surface area contributed by atoms with E-state index < -0.39 is 12.6 Å². The standard InChI is InChI=1S/C13H19F3N4O/c1-3-21-11-10(5-4-7-18-11)9-20-12(17-2)19-8-6-13(14,15)16/h4-5,7H,3,6,8-9H2,1-2H3,(H2,17,19,20). The SMILES string of the molecule is CCOc1ncccc1CNC(=NC)NCCC(F)(F)F. The average Bonchev–Trinajstić information content (AvgIpc) is 2.43. The minimum atomic E-state index is -4.18. The molecule has 1 heterocycles. The van der Waals surface area contributed by atoms with Crippen molar-refractivity contribution in [2.45, 2.75) is 26.1 Å². The molecule has 5 nitrogen and oxygen atoms in total. The molecule has 0 amide bonds. The third-order valence-corrected chi connectivity index (χ3v) is 2.50. The highest BCUT2D eigenvalue weighted by atomic mass is 19.4. The van der Waals surface area contributed by atoms with E-state index in [2.05, 4.69) is 20.6 Å². The molecule has 0 aliphatic rings. The van der Waals surface area contributed by atoms with Gasteiger partial charge in [-0.1, -0.05) is 6.07 Å². The Labute approximate surface area is 121 Å². The number of hydrogen-bond acceptors (Lipinski definition) is 3. The largest absolute Gasteiger partial charge is 0.478 e. The van der Waals surface area contributed by atoms with Gasteiger partial charge >= 0.3 is 6.18 Å². The molecule has 1 rings (SSSR count). The second-order valence-electron chi connectivity index (χ2n) is 4.12. The lowest BCUT2D eigenvalue weighted by atomic mass is 10.2. The van der Waals surface area contributed by atoms with E-state index in [1.54, 1.807) is 12.3 Å². The van der Waals surface area contributed by atoms with E-state index in [1.807, 2.05) is 13.0 Å². The van der Waals surface area contributed by atoms with Gasteiger partial charge in [-0.25, -0.2) is 4.98 Å². The van der Waals surface area contributed by atoms with E-state index in [4.69, 9.17) is 4.74 Å². The van der Waals surface area contributed by atoms with Crippen LogP contribution in [0.5, 0.6) is 5.88 Å². The van der Waals surface area contributed by atoms with Crippen molar-refractivity contribution in [3.05, 3.63) is 23.9 Å². The van der Waals surface area contributed by atoms with E-state index in [9.17, 15) is 13.2 Å². The van der Waals surface area contributed by atoms with Gasteiger partial charge in [-0.15, -0.1) is 0 Å². The molecule has 2 N–H and O–H groups in total. The van der Waals surface area contributed by atoms with Crippen LogP contribution in [0.2, 0.25) is 0 Å². The highest BCUT2D eigenvalue weighted by Gasteiger charge is 2.26. The topological polar surface area (TPSA) is 58.5 Å². The van der Waals surface area contributed by atoms with Gasteiger partial charge < -0.3 is 15.4 Å². The molecule has 1 aromatic heterocycles. The molecule has 0 spiro atoms. The minimum Gasteiger partial charge on any atom is -0.478 e. The van der Waals surface area contributed by atoms with Crippen LogP contribution in [0.1, 0.15) is 18.9 Å². The molecule has 0 aromatic carbocycles. The fraction of sp³-hybridized carbons (Fsp3) is 0.538. The molecule has 0 aliphatic carbocycles. The Balaban J connectivity index is 2.49. The van der Waals surface area contributed by atoms with Crippen molar-refractivity contribution < 1.29 is 17.9 Å². The van der Waals surface area contributed by atoms with Crippen LogP contribution in [0.25, 0.3) is 0 Å². The number of nitrogens with one attached hydrogen (secondary N) is 2. The molecule has 0 aliphatic heterocycles. The van der Waals surface area contributed by atoms with E-state index in [1.165, 1.54) is 7.05 Å². The lowest BCUT2D eigenvalue weighted by Gasteiger charge is -2.14. The maximum Gasteiger partial charge on any atom is 0.390 e. The Morgan fingerprint density at radius 2 is 2.14 bits per heavy atom. The summed E-state index contributed by atoms with van der Waals surface area (Å²) < 4.78 is 41.6. The van der Waals surface area contributed by atoms with Crippen molar-refractivity contribution in [1.29, 1.82) is 0 Å². The zero-order chi connectivity index (χ0) is 15.7. The van der Waals surface area contributed by atoms with E-state index in [-0.39, 0.29) is 6.54 Å². The van der Waals surface area contributed by atoms with Gasteiger partial charge in [-0.2, -0.15) is 13.2 Å². The summed E-state index contributed by atoms with van der Waals surface area (Å²) in [4.78, 5) is 7.96. The van der Waals surface area contributed by atoms with Gasteiger partial charge in [0.05, 0.1) is 13.0 Å². The number of pyridine rings is 1. The summed E-state index contributed by atoms with van der Waals surface area (Å²) >= 11 is 0. The fourth-order valence-electron chi connectivity index (χ4n) is 1.55. The Morgan fingerprint density at radius 1 is 1.38 bits per heavy atom. The van der Waals surface area contributed by atoms with Crippen molar-refractivity contribution in [2.75, 3.05) is 20.2 Å². The van der Waals surface area contributed by atoms with Crippen LogP contribution in [-0.4, -0.2) is 37.3 Å². The van der Waals surface area contributed by atoms with Crippen LogP contribution >= 0.6 is 0 Å². The van der Waals surface area contributed by atoms with Gasteiger partial charge in [0.1, 0.15) is 0 Å². The normalized spacial score (nSPS) is 12.1. The number of ether oxygens (including phenoxy) is 1. The Hall–Kier alpha value is -1.99. The van der Waals surface area contributed by atoms with Crippen molar-refractivity contribution >= 4 is 5.96 Å². The number of halogens is 3. The molecule has 0 atom stereocenters. The summed E-state index contributed by atoms with van der Waals surface area (Å²) in [5.74, 6) is 0.795. The second-order valence-corrected chi connectivity index (χ2v) is 4.12. The first-order valence-electron chi connectivity index (χ1n) is 6.54. The van der Waals surface area contributed by atoms with Crippen LogP contribution in [0.15, 0.2) is 23.3 Å². The zero-order valence-electron chi connectivity index (χ0n) is 12.0. The number of alkyl halides is 3. The van der Waals surface area contributed by atoms with E-state index in [0.717, 1.165) is 5.56 Å². The number of aliphatic imine (C=N–C) groups is 1. The lowest BCUT2D eigenvalue weighted by Crippen LogP contribution is -2.38. The number of rotatable bonds is 6. The third-order valence-electron chi connectivity index (χ3n) is 2.50. The van der Waals surface area contributed by atoms with Gasteiger partial charge in [-0.3, -0.25) is 4.99 Å². The third kappa shape index (κ3) is 6.82. The van der Waals surface area contributed by atoms with Crippen LogP contribution in [0.4, 0.5) is 13.2 Å². The zero-order valence-corrected chi connectivity index (χ0v) is 12.0. The maximum atomic E-state index is 12.1. The van der Waals surface area contributed by atoms with Gasteiger partial charge in [0, 0.05) is 31.9 Å². The molecule has 8 heteroatoms. The number of nitrogens with zero attached hydrogens (tertiary/aromatic N) is 2. The predicted octanol–water partition coefficient (Wildman–Crippen LogP) is 2.10. The first kappa shape index (κ1) is 17.1. The molecule has 0 saturated carbocycles. The van der Waals surface area contributed by atoms with Gasteiger partial charge in [-0.05, 0) is 13.0 Å². The average molecular weight is 304 g/mol. The molecule has 118 valence electrons. The fourth-order valence-corrected chi connectivity index (χ4v) is 1.55. The number of hydrogen-bond donors (Lipinski definition) is 2. The molecule has 21 heavy (non-hydrogen) atoms. The predicted molar refractivity (Wildman–Crippen MR) is 74.3 cm³/mol. The van der Waals surface area contributed by atoms with Crippen molar-refractivity contribution in [1.82, 2.24) is 15.6 Å². The lowest BCUT2D eigenvalue weighted by molar-refractivity contribution is -0.132. The summed E-state index contributed by atoms with van der Waals surface area (Å²) in [6.07, 6.45) is -3.48. The summed E-state index contributed by atoms with van der Waals surface area (Å²) in [6.45, 7) is 2.47. The molecule has 0 unspecified atom stereocenters. The molecule has 0 saturated heterocycles. The highest BCUT2D eigenvalue weighted by molar-refractivity contribution is 5.79. The van der Waals surface area contributed by atoms with Gasteiger partial charge in [0.25, 0.3) is 0 Å². The van der Waals surface area contributed by atoms with E-state index in [0.29, 0.717) is 25.0 Å². The summed E-state index contributed by atoms with van der Waals surface area (Å²) in [6, 6.07) is 3.59. The minimum absolute atomic E-state index is 0.228. The smallest absolute Gasteiger partial charge is 0.390 e. The summed E-state index contributed by atoms with van der Waals surface area (Å²) in [5, 5.41) is 5.53. The van der Waals surface area contributed by atoms with Gasteiger partial charge in [0.15, 0.2) is 5.96 Å². The maximum absolute atomic E-state index is 12.1. The summed E-state index contributed by atoms with van der Waals surface area (Å²) in [5.41, 5.74) is 0.804.